The molecular formula is C18H19F2N8S+. The van der Waals surface area contributed by atoms with E-state index in [2.05, 4.69) is 42.2 Å². The van der Waals surface area contributed by atoms with Crippen molar-refractivity contribution in [3.8, 4) is 0 Å². The van der Waals surface area contributed by atoms with E-state index in [0.29, 0.717) is 17.7 Å². The van der Waals surface area contributed by atoms with Gasteiger partial charge in [0.05, 0.1) is 30.8 Å². The first-order chi connectivity index (χ1) is 14.1. The molecule has 0 radical (unpaired) electrons. The summed E-state index contributed by atoms with van der Waals surface area (Å²) in [4.78, 5) is 16.7. The minimum atomic E-state index is -0.487. The van der Waals surface area contributed by atoms with Gasteiger partial charge in [-0.2, -0.15) is 0 Å². The van der Waals surface area contributed by atoms with E-state index < -0.39 is 5.82 Å². The topological polar surface area (TPSA) is 90.4 Å². The van der Waals surface area contributed by atoms with Gasteiger partial charge < -0.3 is 0 Å². The van der Waals surface area contributed by atoms with Crippen molar-refractivity contribution in [1.29, 1.82) is 0 Å². The van der Waals surface area contributed by atoms with Gasteiger partial charge in [0.15, 0.2) is 17.4 Å². The van der Waals surface area contributed by atoms with Crippen LogP contribution in [-0.4, -0.2) is 49.1 Å². The van der Waals surface area contributed by atoms with Crippen molar-refractivity contribution >= 4 is 22.7 Å². The van der Waals surface area contributed by atoms with E-state index in [4.69, 9.17) is 0 Å². The number of hydrazine groups is 2. The Bertz CT molecular complexity index is 951. The maximum absolute atomic E-state index is 13.2. The highest BCUT2D eigenvalue weighted by atomic mass is 32.2. The van der Waals surface area contributed by atoms with Crippen molar-refractivity contribution in [3.63, 3.8) is 0 Å². The van der Waals surface area contributed by atoms with Crippen molar-refractivity contribution in [2.45, 2.75) is 23.0 Å². The minimum absolute atomic E-state index is 0.000343. The summed E-state index contributed by atoms with van der Waals surface area (Å²) < 4.78 is 26.3. The molecule has 29 heavy (non-hydrogen) atoms. The molecule has 2 aromatic rings. The second kappa shape index (κ2) is 7.32. The van der Waals surface area contributed by atoms with Crippen LogP contribution in [0, 0.1) is 11.6 Å². The van der Waals surface area contributed by atoms with Crippen LogP contribution in [0.3, 0.4) is 0 Å². The molecular weight excluding hydrogens is 398 g/mol. The average Bonchev–Trinajstić information content (AvgIpc) is 3.18. The standard InChI is InChI=1S/C18H19F2N8S/c19-12-3-4-14(22-6-12)9-29-11-25-18-10-28(27-17-23-7-13(20)8-24-17)26-16(18)21-5-1-2-15(18)29/h1,3-8,15,25H,2,9-11H2,(H,21,26)(H,23,24,27)/q+1. The van der Waals surface area contributed by atoms with E-state index in [9.17, 15) is 8.78 Å². The zero-order valence-corrected chi connectivity index (χ0v) is 16.2. The van der Waals surface area contributed by atoms with E-state index >= 15 is 0 Å². The summed E-state index contributed by atoms with van der Waals surface area (Å²) in [5.41, 5.74) is 6.88. The highest BCUT2D eigenvalue weighted by Crippen LogP contribution is 2.36. The van der Waals surface area contributed by atoms with E-state index in [1.807, 2.05) is 6.20 Å². The van der Waals surface area contributed by atoms with Crippen LogP contribution in [0.1, 0.15) is 12.1 Å². The number of nitrogens with one attached hydrogen (secondary N) is 3. The first-order valence-corrected chi connectivity index (χ1v) is 10.8. The molecule has 11 heteroatoms. The molecule has 150 valence electrons. The molecule has 5 rings (SSSR count). The maximum atomic E-state index is 13.2. The van der Waals surface area contributed by atoms with Gasteiger partial charge in [-0.25, -0.2) is 23.7 Å². The Kier molecular flexibility index (Phi) is 4.64. The number of hydrogen-bond acceptors (Lipinski definition) is 8. The molecule has 2 fully saturated rings. The third-order valence-electron chi connectivity index (χ3n) is 5.23. The highest BCUT2D eigenvalue weighted by molar-refractivity contribution is 7.97. The lowest BCUT2D eigenvalue weighted by Gasteiger charge is -2.25. The summed E-state index contributed by atoms with van der Waals surface area (Å²) in [6, 6.07) is 3.21. The third kappa shape index (κ3) is 3.45. The van der Waals surface area contributed by atoms with Gasteiger partial charge in [-0.05, 0) is 12.1 Å². The fourth-order valence-electron chi connectivity index (χ4n) is 3.89. The summed E-state index contributed by atoms with van der Waals surface area (Å²) in [6.45, 7) is 0.596. The number of allylic oxidation sites excluding steroid dienone is 1. The predicted molar refractivity (Wildman–Crippen MR) is 106 cm³/mol. The molecule has 3 aliphatic heterocycles. The van der Waals surface area contributed by atoms with Gasteiger partial charge in [0.2, 0.25) is 5.95 Å². The number of hydrogen-bond donors (Lipinski definition) is 3. The number of nitrogens with zero attached hydrogens (tertiary/aromatic N) is 5. The molecule has 2 saturated heterocycles. The zero-order chi connectivity index (χ0) is 19.8. The number of aromatic nitrogens is 3. The van der Waals surface area contributed by atoms with Gasteiger partial charge in [0.25, 0.3) is 0 Å². The maximum Gasteiger partial charge on any atom is 0.239 e. The predicted octanol–water partition coefficient (Wildman–Crippen LogP) is 1.10. The second-order valence-corrected chi connectivity index (χ2v) is 9.28. The lowest BCUT2D eigenvalue weighted by atomic mass is 9.93. The summed E-state index contributed by atoms with van der Waals surface area (Å²) in [7, 11) is -0.000343. The Morgan fingerprint density at radius 1 is 1.17 bits per heavy atom. The van der Waals surface area contributed by atoms with Gasteiger partial charge in [-0.3, -0.25) is 21.2 Å². The number of pyridine rings is 1. The highest BCUT2D eigenvalue weighted by Gasteiger charge is 2.62. The average molecular weight is 417 g/mol. The molecule has 0 aromatic carbocycles. The normalized spacial score (nSPS) is 28.3. The van der Waals surface area contributed by atoms with Gasteiger partial charge >= 0.3 is 0 Å². The van der Waals surface area contributed by atoms with E-state index in [1.165, 1.54) is 12.3 Å². The van der Waals surface area contributed by atoms with Crippen molar-refractivity contribution in [1.82, 2.24) is 30.8 Å². The Morgan fingerprint density at radius 2 is 2.00 bits per heavy atom. The summed E-state index contributed by atoms with van der Waals surface area (Å²) in [5, 5.41) is 5.75. The molecule has 0 aliphatic carbocycles. The Morgan fingerprint density at radius 3 is 2.79 bits per heavy atom. The summed E-state index contributed by atoms with van der Waals surface area (Å²) in [6.07, 6.45) is 8.29. The van der Waals surface area contributed by atoms with Gasteiger partial charge in [-0.1, -0.05) is 6.08 Å². The molecule has 0 saturated carbocycles. The van der Waals surface area contributed by atoms with E-state index in [1.54, 1.807) is 11.2 Å². The molecule has 8 nitrogen and oxygen atoms in total. The molecule has 3 unspecified atom stereocenters. The first kappa shape index (κ1) is 18.4. The molecule has 3 aliphatic rings. The van der Waals surface area contributed by atoms with Gasteiger partial charge in [0.1, 0.15) is 22.4 Å². The van der Waals surface area contributed by atoms with Crippen molar-refractivity contribution in [2.24, 2.45) is 4.99 Å². The van der Waals surface area contributed by atoms with Crippen molar-refractivity contribution < 1.29 is 8.78 Å². The molecule has 3 atom stereocenters. The van der Waals surface area contributed by atoms with Crippen LogP contribution in [0.25, 0.3) is 0 Å². The smallest absolute Gasteiger partial charge is 0.239 e. The number of rotatable bonds is 4. The van der Waals surface area contributed by atoms with Gasteiger partial charge in [-0.15, -0.1) is 5.12 Å². The van der Waals surface area contributed by atoms with Crippen LogP contribution in [0.4, 0.5) is 14.7 Å². The molecule has 2 aromatic heterocycles. The summed E-state index contributed by atoms with van der Waals surface area (Å²) >= 11 is 0. The zero-order valence-electron chi connectivity index (χ0n) is 15.3. The third-order valence-corrected chi connectivity index (χ3v) is 7.81. The summed E-state index contributed by atoms with van der Waals surface area (Å²) in [5.74, 6) is 1.93. The van der Waals surface area contributed by atoms with Crippen molar-refractivity contribution in [2.75, 3.05) is 17.8 Å². The Hall–Kier alpha value is -2.63. The van der Waals surface area contributed by atoms with Crippen LogP contribution in [-0.2, 0) is 16.6 Å². The van der Waals surface area contributed by atoms with Crippen LogP contribution in [0.15, 0.2) is 48.0 Å². The van der Waals surface area contributed by atoms with E-state index in [0.717, 1.165) is 42.0 Å². The van der Waals surface area contributed by atoms with E-state index in [-0.39, 0.29) is 22.3 Å². The molecule has 0 amide bonds. The van der Waals surface area contributed by atoms with Crippen LogP contribution < -0.4 is 16.2 Å². The number of aliphatic imine (C=N–C) groups is 1. The van der Waals surface area contributed by atoms with Crippen LogP contribution in [0.5, 0.6) is 0 Å². The fourth-order valence-corrected chi connectivity index (χ4v) is 6.61. The molecule has 1 spiro atoms. The molecule has 5 heterocycles. The van der Waals surface area contributed by atoms with Crippen LogP contribution >= 0.6 is 0 Å². The number of anilines is 1. The van der Waals surface area contributed by atoms with Crippen LogP contribution in [0.2, 0.25) is 0 Å². The molecule has 3 N–H and O–H groups in total. The molecule has 0 bridgehead atoms. The van der Waals surface area contributed by atoms with Gasteiger partial charge in [0, 0.05) is 23.5 Å². The minimum Gasteiger partial charge on any atom is -0.287 e. The number of halogens is 2. The Balaban J connectivity index is 1.36. The lowest BCUT2D eigenvalue weighted by Crippen LogP contribution is -2.56. The fraction of sp³-hybridized carbons (Fsp3) is 0.333. The SMILES string of the molecule is Fc1ccc(C[S+]2CNC34CN(Nc5ncc(F)cn5)NC3=NC=CCC24)nc1. The second-order valence-electron chi connectivity index (χ2n) is 7.06. The largest absolute Gasteiger partial charge is 0.287 e. The first-order valence-electron chi connectivity index (χ1n) is 9.16. The number of amidine groups is 1. The Labute approximate surface area is 168 Å². The lowest BCUT2D eigenvalue weighted by molar-refractivity contribution is 0.286. The van der Waals surface area contributed by atoms with Crippen molar-refractivity contribution in [3.05, 3.63) is 60.3 Å². The quantitative estimate of drug-likeness (QED) is 0.642. The monoisotopic (exact) mass is 417 g/mol.